The van der Waals surface area contributed by atoms with Crippen molar-refractivity contribution in [1.82, 2.24) is 0 Å². The van der Waals surface area contributed by atoms with Gasteiger partial charge in [-0.3, -0.25) is 4.79 Å². The van der Waals surface area contributed by atoms with Gasteiger partial charge in [0.15, 0.2) is 5.78 Å². The maximum atomic E-state index is 13.1. The van der Waals surface area contributed by atoms with Crippen molar-refractivity contribution in [2.24, 2.45) is 10.8 Å². The van der Waals surface area contributed by atoms with Crippen LogP contribution in [0.3, 0.4) is 0 Å². The molecule has 1 heterocycles. The highest BCUT2D eigenvalue weighted by Crippen LogP contribution is 2.61. The number of rotatable bonds is 7. The first-order chi connectivity index (χ1) is 11.5. The lowest BCUT2D eigenvalue weighted by Crippen LogP contribution is -2.63. The van der Waals surface area contributed by atoms with Crippen molar-refractivity contribution in [2.45, 2.75) is 51.4 Å². The number of hydrogen-bond acceptors (Lipinski definition) is 6. The molecule has 6 heteroatoms. The van der Waals surface area contributed by atoms with Crippen LogP contribution in [-0.4, -0.2) is 58.5 Å². The minimum Gasteiger partial charge on any atom is -0.362 e. The second kappa shape index (κ2) is 6.84. The summed E-state index contributed by atoms with van der Waals surface area (Å²) in [6.07, 6.45) is 3.75. The van der Waals surface area contributed by atoms with Gasteiger partial charge in [0.1, 0.15) is 19.7 Å². The lowest BCUT2D eigenvalue weighted by atomic mass is 9.54. The number of fused-ring (bicyclic) bond motifs is 4. The zero-order chi connectivity index (χ0) is 17.4. The van der Waals surface area contributed by atoms with E-state index in [2.05, 4.69) is 13.0 Å². The largest absolute Gasteiger partial charge is 0.362 e. The van der Waals surface area contributed by atoms with Gasteiger partial charge in [-0.25, -0.2) is 0 Å². The van der Waals surface area contributed by atoms with Crippen LogP contribution in [0.2, 0.25) is 0 Å². The molecule has 2 aliphatic carbocycles. The summed E-state index contributed by atoms with van der Waals surface area (Å²) in [4.78, 5) is 13.1. The van der Waals surface area contributed by atoms with Gasteiger partial charge in [-0.2, -0.15) is 0 Å². The third kappa shape index (κ3) is 2.56. The second-order valence-corrected chi connectivity index (χ2v) is 7.33. The molecule has 2 bridgehead atoms. The van der Waals surface area contributed by atoms with Crippen LogP contribution in [0.4, 0.5) is 0 Å². The number of allylic oxidation sites excluding steroid dienone is 1. The van der Waals surface area contributed by atoms with E-state index in [0.29, 0.717) is 13.0 Å². The number of ketones is 1. The standard InChI is InChI=1S/C18H28O6/c1-12-5-6-18(9-22-10-20-3)15(7-12)24-13-8-14(23-11-21-4)17(18,2)16(13)19/h7,13-15H,5-6,8-11H2,1-4H3/t13-,14-,15-,17+,18-/m1/s1. The van der Waals surface area contributed by atoms with E-state index in [0.717, 1.165) is 12.8 Å². The van der Waals surface area contributed by atoms with Gasteiger partial charge in [0.2, 0.25) is 0 Å². The molecular formula is C18H28O6. The van der Waals surface area contributed by atoms with Crippen LogP contribution in [0.25, 0.3) is 0 Å². The summed E-state index contributed by atoms with van der Waals surface area (Å²) >= 11 is 0. The maximum absolute atomic E-state index is 13.1. The Labute approximate surface area is 143 Å². The average Bonchev–Trinajstić information content (AvgIpc) is 2.74. The van der Waals surface area contributed by atoms with Crippen LogP contribution in [0.15, 0.2) is 11.6 Å². The minimum absolute atomic E-state index is 0.132. The van der Waals surface area contributed by atoms with E-state index < -0.39 is 16.9 Å². The van der Waals surface area contributed by atoms with Gasteiger partial charge < -0.3 is 23.7 Å². The molecule has 0 radical (unpaired) electrons. The lowest BCUT2D eigenvalue weighted by Gasteiger charge is -2.55. The van der Waals surface area contributed by atoms with Crippen molar-refractivity contribution < 1.29 is 28.5 Å². The quantitative estimate of drug-likeness (QED) is 0.402. The third-order valence-corrected chi connectivity index (χ3v) is 6.12. The summed E-state index contributed by atoms with van der Waals surface area (Å²) in [5.41, 5.74) is 0.214. The summed E-state index contributed by atoms with van der Waals surface area (Å²) in [5, 5.41) is 0. The van der Waals surface area contributed by atoms with Crippen molar-refractivity contribution in [3.63, 3.8) is 0 Å². The molecular weight excluding hydrogens is 312 g/mol. The number of hydrogen-bond donors (Lipinski definition) is 0. The van der Waals surface area contributed by atoms with E-state index in [-0.39, 0.29) is 31.6 Å². The molecule has 3 aliphatic rings. The van der Waals surface area contributed by atoms with E-state index in [1.165, 1.54) is 5.57 Å². The fraction of sp³-hybridized carbons (Fsp3) is 0.833. The first-order valence-corrected chi connectivity index (χ1v) is 8.54. The Morgan fingerprint density at radius 1 is 1.29 bits per heavy atom. The summed E-state index contributed by atoms with van der Waals surface area (Å²) in [6, 6.07) is 0. The van der Waals surface area contributed by atoms with Crippen molar-refractivity contribution in [1.29, 1.82) is 0 Å². The zero-order valence-electron chi connectivity index (χ0n) is 15.0. The average molecular weight is 340 g/mol. The summed E-state index contributed by atoms with van der Waals surface area (Å²) in [5.74, 6) is 0.133. The van der Waals surface area contributed by atoms with Gasteiger partial charge in [-0.1, -0.05) is 11.6 Å². The van der Waals surface area contributed by atoms with E-state index in [1.807, 2.05) is 6.92 Å². The number of ether oxygens (including phenoxy) is 5. The van der Waals surface area contributed by atoms with Gasteiger partial charge in [-0.05, 0) is 26.7 Å². The highest BCUT2D eigenvalue weighted by atomic mass is 16.7. The summed E-state index contributed by atoms with van der Waals surface area (Å²) < 4.78 is 28.0. The first-order valence-electron chi connectivity index (χ1n) is 8.54. The van der Waals surface area contributed by atoms with Gasteiger partial charge in [-0.15, -0.1) is 0 Å². The van der Waals surface area contributed by atoms with Crippen molar-refractivity contribution in [3.8, 4) is 0 Å². The van der Waals surface area contributed by atoms with E-state index in [9.17, 15) is 4.79 Å². The SMILES string of the molecule is COCOC[C@]12CCC(C)=C[C@H]1O[C@@H]1C[C@@H](OCOC)[C@@]2(C)C1=O. The minimum atomic E-state index is -0.649. The van der Waals surface area contributed by atoms with Crippen LogP contribution in [-0.2, 0) is 28.5 Å². The molecule has 0 amide bonds. The van der Waals surface area contributed by atoms with E-state index >= 15 is 0 Å². The molecule has 0 spiro atoms. The smallest absolute Gasteiger partial charge is 0.170 e. The lowest BCUT2D eigenvalue weighted by molar-refractivity contribution is -0.212. The molecule has 136 valence electrons. The molecule has 0 aromatic carbocycles. The predicted molar refractivity (Wildman–Crippen MR) is 86.4 cm³/mol. The Bertz CT molecular complexity index is 518. The fourth-order valence-electron chi connectivity index (χ4n) is 4.68. The Morgan fingerprint density at radius 2 is 2.04 bits per heavy atom. The normalized spacial score (nSPS) is 41.2. The highest BCUT2D eigenvalue weighted by Gasteiger charge is 2.70. The van der Waals surface area contributed by atoms with Gasteiger partial charge in [0, 0.05) is 26.1 Å². The third-order valence-electron chi connectivity index (χ3n) is 6.12. The summed E-state index contributed by atoms with van der Waals surface area (Å²) in [7, 11) is 3.19. The molecule has 0 aromatic rings. The molecule has 6 nitrogen and oxygen atoms in total. The summed E-state index contributed by atoms with van der Waals surface area (Å²) in [6.45, 7) is 4.93. The van der Waals surface area contributed by atoms with Crippen LogP contribution >= 0.6 is 0 Å². The number of Topliss-reactive ketones (excluding diaryl/α,β-unsaturated/α-hetero) is 1. The first kappa shape index (κ1) is 18.0. The Balaban J connectivity index is 1.98. The number of methoxy groups -OCH3 is 2. The van der Waals surface area contributed by atoms with E-state index in [1.54, 1.807) is 14.2 Å². The predicted octanol–water partition coefficient (Wildman–Crippen LogP) is 2.07. The van der Waals surface area contributed by atoms with Crippen molar-refractivity contribution >= 4 is 5.78 Å². The Morgan fingerprint density at radius 3 is 2.75 bits per heavy atom. The monoisotopic (exact) mass is 340 g/mol. The molecule has 3 rings (SSSR count). The second-order valence-electron chi connectivity index (χ2n) is 7.33. The van der Waals surface area contributed by atoms with Crippen LogP contribution in [0, 0.1) is 10.8 Å². The Hall–Kier alpha value is -0.790. The zero-order valence-corrected chi connectivity index (χ0v) is 15.0. The number of carbonyl (C=O) groups excluding carboxylic acids is 1. The van der Waals surface area contributed by atoms with Crippen molar-refractivity contribution in [2.75, 3.05) is 34.4 Å². The molecule has 1 saturated carbocycles. The molecule has 24 heavy (non-hydrogen) atoms. The maximum Gasteiger partial charge on any atom is 0.170 e. The molecule has 1 aliphatic heterocycles. The van der Waals surface area contributed by atoms with Crippen LogP contribution in [0.1, 0.15) is 33.1 Å². The molecule has 2 fully saturated rings. The number of carbonyl (C=O) groups is 1. The van der Waals surface area contributed by atoms with Crippen LogP contribution < -0.4 is 0 Å². The Kier molecular flexibility index (Phi) is 5.14. The molecule has 5 atom stereocenters. The van der Waals surface area contributed by atoms with Gasteiger partial charge >= 0.3 is 0 Å². The molecule has 0 unspecified atom stereocenters. The van der Waals surface area contributed by atoms with Gasteiger partial charge in [0.25, 0.3) is 0 Å². The highest BCUT2D eigenvalue weighted by molar-refractivity contribution is 5.93. The van der Waals surface area contributed by atoms with Gasteiger partial charge in [0.05, 0.1) is 24.2 Å². The fourth-order valence-corrected chi connectivity index (χ4v) is 4.68. The van der Waals surface area contributed by atoms with E-state index in [4.69, 9.17) is 23.7 Å². The van der Waals surface area contributed by atoms with Crippen molar-refractivity contribution in [3.05, 3.63) is 11.6 Å². The molecule has 0 N–H and O–H groups in total. The molecule has 1 saturated heterocycles. The molecule has 0 aromatic heterocycles. The topological polar surface area (TPSA) is 63.2 Å². The van der Waals surface area contributed by atoms with Crippen LogP contribution in [0.5, 0.6) is 0 Å².